The smallest absolute Gasteiger partial charge is 0.224 e. The van der Waals surface area contributed by atoms with Gasteiger partial charge in [0.05, 0.1) is 12.8 Å². The van der Waals surface area contributed by atoms with E-state index in [-0.39, 0.29) is 11.5 Å². The molecule has 1 aromatic carbocycles. The van der Waals surface area contributed by atoms with E-state index in [4.69, 9.17) is 15.3 Å². The van der Waals surface area contributed by atoms with Crippen LogP contribution in [-0.2, 0) is 4.79 Å². The van der Waals surface area contributed by atoms with E-state index in [0.29, 0.717) is 23.5 Å². The van der Waals surface area contributed by atoms with Crippen LogP contribution in [0.4, 0.5) is 11.4 Å². The van der Waals surface area contributed by atoms with E-state index >= 15 is 0 Å². The van der Waals surface area contributed by atoms with Crippen molar-refractivity contribution in [2.75, 3.05) is 17.7 Å². The van der Waals surface area contributed by atoms with Crippen molar-refractivity contribution < 1.29 is 9.53 Å². The van der Waals surface area contributed by atoms with E-state index in [1.165, 1.54) is 13.3 Å². The molecule has 0 atom stereocenters. The van der Waals surface area contributed by atoms with Gasteiger partial charge in [-0.05, 0) is 18.2 Å². The lowest BCUT2D eigenvalue weighted by Crippen LogP contribution is -2.09. The topological polar surface area (TPSA) is 97.9 Å². The molecule has 102 valence electrons. The molecule has 6 nitrogen and oxygen atoms in total. The van der Waals surface area contributed by atoms with E-state index in [1.807, 2.05) is 0 Å². The number of anilines is 2. The fourth-order valence-corrected chi connectivity index (χ4v) is 1.39. The fraction of sp³-hybridized carbons (Fsp3) is 0.214. The van der Waals surface area contributed by atoms with E-state index < -0.39 is 0 Å². The first-order valence-corrected chi connectivity index (χ1v) is 5.89. The predicted molar refractivity (Wildman–Crippen MR) is 74.8 cm³/mol. The molecule has 0 bridgehead atoms. The van der Waals surface area contributed by atoms with Crippen LogP contribution in [0.1, 0.15) is 13.3 Å². The number of rotatable bonds is 5. The number of hydrogen-bond acceptors (Lipinski definition) is 5. The molecule has 0 saturated heterocycles. The Morgan fingerprint density at radius 2 is 2.10 bits per heavy atom. The normalized spacial score (nSPS) is 8.80. The Bertz CT molecular complexity index is 593. The number of benzene rings is 1. The number of amides is 1. The Morgan fingerprint density at radius 1 is 1.40 bits per heavy atom. The maximum Gasteiger partial charge on any atom is 0.224 e. The molecule has 0 heterocycles. The van der Waals surface area contributed by atoms with E-state index in [9.17, 15) is 4.79 Å². The van der Waals surface area contributed by atoms with Crippen LogP contribution in [0.3, 0.4) is 0 Å². The molecule has 20 heavy (non-hydrogen) atoms. The van der Waals surface area contributed by atoms with Crippen LogP contribution in [0.5, 0.6) is 5.75 Å². The maximum atomic E-state index is 11.3. The molecule has 1 rings (SSSR count). The minimum Gasteiger partial charge on any atom is -0.495 e. The molecule has 1 amide bonds. The number of allylic oxidation sites excluding steroid dienone is 1. The van der Waals surface area contributed by atoms with Crippen LogP contribution in [0, 0.1) is 22.7 Å². The third-order valence-electron chi connectivity index (χ3n) is 2.42. The first-order valence-electron chi connectivity index (χ1n) is 5.89. The Hall–Kier alpha value is -2.99. The Morgan fingerprint density at radius 3 is 2.65 bits per heavy atom. The van der Waals surface area contributed by atoms with Crippen LogP contribution < -0.4 is 15.4 Å². The summed E-state index contributed by atoms with van der Waals surface area (Å²) in [4.78, 5) is 11.3. The Labute approximate surface area is 117 Å². The van der Waals surface area contributed by atoms with Crippen molar-refractivity contribution in [1.82, 2.24) is 0 Å². The summed E-state index contributed by atoms with van der Waals surface area (Å²) in [5.41, 5.74) is 1.09. The number of nitriles is 2. The van der Waals surface area contributed by atoms with Gasteiger partial charge in [-0.2, -0.15) is 10.5 Å². The standard InChI is InChI=1S/C14H14N4O2/c1-3-14(19)18-11-4-5-13(20-2)12(6-11)17-9-10(7-15)8-16/h4-6,9,17H,3H2,1-2H3,(H,18,19). The number of hydrogen-bond donors (Lipinski definition) is 2. The Balaban J connectivity index is 3.01. The first-order chi connectivity index (χ1) is 9.64. The third-order valence-corrected chi connectivity index (χ3v) is 2.42. The minimum absolute atomic E-state index is 0.0601. The highest BCUT2D eigenvalue weighted by Crippen LogP contribution is 2.28. The van der Waals surface area contributed by atoms with Crippen molar-refractivity contribution in [1.29, 1.82) is 10.5 Å². The van der Waals surface area contributed by atoms with Crippen LogP contribution in [0.15, 0.2) is 30.0 Å². The Kier molecular flexibility index (Phi) is 5.61. The summed E-state index contributed by atoms with van der Waals surface area (Å²) in [7, 11) is 1.50. The molecule has 0 aromatic heterocycles. The van der Waals surface area contributed by atoms with E-state index in [2.05, 4.69) is 10.6 Å². The summed E-state index contributed by atoms with van der Waals surface area (Å²) in [5.74, 6) is 0.428. The lowest BCUT2D eigenvalue weighted by molar-refractivity contribution is -0.115. The number of carbonyl (C=O) groups excluding carboxylic acids is 1. The summed E-state index contributed by atoms with van der Waals surface area (Å²) in [6.45, 7) is 1.76. The van der Waals surface area contributed by atoms with Gasteiger partial charge in [-0.1, -0.05) is 6.92 Å². The zero-order valence-corrected chi connectivity index (χ0v) is 11.2. The van der Waals surface area contributed by atoms with Crippen LogP contribution >= 0.6 is 0 Å². The molecule has 0 spiro atoms. The van der Waals surface area contributed by atoms with Gasteiger partial charge < -0.3 is 15.4 Å². The van der Waals surface area contributed by atoms with Crippen LogP contribution in [0.2, 0.25) is 0 Å². The zero-order chi connectivity index (χ0) is 15.0. The molecule has 6 heteroatoms. The lowest BCUT2D eigenvalue weighted by Gasteiger charge is -2.11. The molecule has 0 aliphatic carbocycles. The van der Waals surface area contributed by atoms with Gasteiger partial charge in [0.1, 0.15) is 23.5 Å². The monoisotopic (exact) mass is 270 g/mol. The molecule has 0 aliphatic heterocycles. The maximum absolute atomic E-state index is 11.3. The van der Waals surface area contributed by atoms with Gasteiger partial charge in [0.25, 0.3) is 0 Å². The average molecular weight is 270 g/mol. The summed E-state index contributed by atoms with van der Waals surface area (Å²) in [6.07, 6.45) is 1.66. The van der Waals surface area contributed by atoms with Gasteiger partial charge in [0, 0.05) is 18.3 Å². The van der Waals surface area contributed by atoms with Crippen molar-refractivity contribution in [2.24, 2.45) is 0 Å². The summed E-state index contributed by atoms with van der Waals surface area (Å²) < 4.78 is 5.16. The lowest BCUT2D eigenvalue weighted by atomic mass is 10.2. The quantitative estimate of drug-likeness (QED) is 0.800. The van der Waals surface area contributed by atoms with Gasteiger partial charge in [0.15, 0.2) is 0 Å². The van der Waals surface area contributed by atoms with Gasteiger partial charge in [-0.15, -0.1) is 0 Å². The van der Waals surface area contributed by atoms with Crippen molar-refractivity contribution in [3.05, 3.63) is 30.0 Å². The van der Waals surface area contributed by atoms with Gasteiger partial charge in [-0.3, -0.25) is 4.79 Å². The highest BCUT2D eigenvalue weighted by atomic mass is 16.5. The molecule has 1 aromatic rings. The SMILES string of the molecule is CCC(=O)Nc1ccc(OC)c(NC=C(C#N)C#N)c1. The molecule has 0 aliphatic rings. The van der Waals surface area contributed by atoms with Gasteiger partial charge in [0.2, 0.25) is 5.91 Å². The van der Waals surface area contributed by atoms with Crippen molar-refractivity contribution >= 4 is 17.3 Å². The molecule has 2 N–H and O–H groups in total. The number of ether oxygens (including phenoxy) is 1. The molecule has 0 fully saturated rings. The van der Waals surface area contributed by atoms with Gasteiger partial charge >= 0.3 is 0 Å². The molecule has 0 saturated carbocycles. The largest absolute Gasteiger partial charge is 0.495 e. The van der Waals surface area contributed by atoms with Crippen LogP contribution in [0.25, 0.3) is 0 Å². The van der Waals surface area contributed by atoms with Crippen molar-refractivity contribution in [3.63, 3.8) is 0 Å². The van der Waals surface area contributed by atoms with E-state index in [1.54, 1.807) is 37.3 Å². The summed E-state index contributed by atoms with van der Waals surface area (Å²) in [5, 5.41) is 22.9. The van der Waals surface area contributed by atoms with Crippen molar-refractivity contribution in [3.8, 4) is 17.9 Å². The van der Waals surface area contributed by atoms with Crippen molar-refractivity contribution in [2.45, 2.75) is 13.3 Å². The number of methoxy groups -OCH3 is 1. The summed E-state index contributed by atoms with van der Waals surface area (Å²) in [6, 6.07) is 8.53. The average Bonchev–Trinajstić information content (AvgIpc) is 2.48. The molecule has 0 radical (unpaired) electrons. The molecule has 0 unspecified atom stereocenters. The number of nitrogens with zero attached hydrogens (tertiary/aromatic N) is 2. The minimum atomic E-state index is -0.105. The zero-order valence-electron chi connectivity index (χ0n) is 11.2. The first kappa shape index (κ1) is 15.1. The second kappa shape index (κ2) is 7.45. The molecular formula is C14H14N4O2. The number of nitrogens with one attached hydrogen (secondary N) is 2. The van der Waals surface area contributed by atoms with Crippen LogP contribution in [-0.4, -0.2) is 13.0 Å². The summed E-state index contributed by atoms with van der Waals surface area (Å²) >= 11 is 0. The third kappa shape index (κ3) is 4.04. The van der Waals surface area contributed by atoms with E-state index in [0.717, 1.165) is 0 Å². The fourth-order valence-electron chi connectivity index (χ4n) is 1.39. The predicted octanol–water partition coefficient (Wildman–Crippen LogP) is 2.39. The highest BCUT2D eigenvalue weighted by molar-refractivity contribution is 5.91. The van der Waals surface area contributed by atoms with Gasteiger partial charge in [-0.25, -0.2) is 0 Å². The highest BCUT2D eigenvalue weighted by Gasteiger charge is 2.05. The second-order valence-electron chi connectivity index (χ2n) is 3.74. The molecular weight excluding hydrogens is 256 g/mol. The number of carbonyl (C=O) groups is 1. The second-order valence-corrected chi connectivity index (χ2v) is 3.74.